The number of hydrogen-bond donors (Lipinski definition) is 3. The van der Waals surface area contributed by atoms with E-state index in [0.29, 0.717) is 11.3 Å². The number of carbonyl (C=O) groups is 2. The van der Waals surface area contributed by atoms with Crippen molar-refractivity contribution in [3.8, 4) is 17.3 Å². The highest BCUT2D eigenvalue weighted by Crippen LogP contribution is 2.26. The topological polar surface area (TPSA) is 114 Å². The third-order valence-corrected chi connectivity index (χ3v) is 4.54. The highest BCUT2D eigenvalue weighted by Gasteiger charge is 2.23. The van der Waals surface area contributed by atoms with Crippen LogP contribution in [0.4, 0.5) is 4.39 Å². The van der Waals surface area contributed by atoms with Crippen molar-refractivity contribution in [3.05, 3.63) is 71.2 Å². The summed E-state index contributed by atoms with van der Waals surface area (Å²) in [6.45, 7) is 1.78. The molecule has 9 heteroatoms. The van der Waals surface area contributed by atoms with Crippen LogP contribution >= 0.6 is 0 Å². The summed E-state index contributed by atoms with van der Waals surface area (Å²) in [5.41, 5.74) is 1.13. The number of aromatic hydroxyl groups is 1. The number of benzene rings is 2. The van der Waals surface area contributed by atoms with Crippen molar-refractivity contribution in [2.75, 3.05) is 7.11 Å². The molecule has 0 aliphatic heterocycles. The lowest BCUT2D eigenvalue weighted by Gasteiger charge is -2.19. The Morgan fingerprint density at radius 2 is 1.97 bits per heavy atom. The molecule has 3 rings (SSSR count). The molecule has 2 aromatic carbocycles. The zero-order valence-corrected chi connectivity index (χ0v) is 16.3. The van der Waals surface area contributed by atoms with Crippen LogP contribution in [0, 0.1) is 12.7 Å². The summed E-state index contributed by atoms with van der Waals surface area (Å²) < 4.78 is 20.1. The number of carboxylic acids is 1. The van der Waals surface area contributed by atoms with Crippen molar-refractivity contribution in [2.45, 2.75) is 19.4 Å². The molecule has 8 nitrogen and oxygen atoms in total. The number of rotatable bonds is 7. The fourth-order valence-electron chi connectivity index (χ4n) is 3.09. The third kappa shape index (κ3) is 4.40. The highest BCUT2D eigenvalue weighted by molar-refractivity contribution is 5.93. The molecule has 3 N–H and O–H groups in total. The van der Waals surface area contributed by atoms with Crippen molar-refractivity contribution in [1.29, 1.82) is 0 Å². The van der Waals surface area contributed by atoms with Crippen LogP contribution in [-0.4, -0.2) is 39.0 Å². The number of aliphatic carboxylic acids is 1. The van der Waals surface area contributed by atoms with Gasteiger partial charge < -0.3 is 20.3 Å². The first kappa shape index (κ1) is 20.8. The second-order valence-corrected chi connectivity index (χ2v) is 6.60. The van der Waals surface area contributed by atoms with Crippen LogP contribution in [-0.2, 0) is 4.79 Å². The monoisotopic (exact) mass is 413 g/mol. The Labute approximate surface area is 171 Å². The summed E-state index contributed by atoms with van der Waals surface area (Å²) >= 11 is 0. The smallest absolute Gasteiger partial charge is 0.305 e. The number of nitrogens with zero attached hydrogens (tertiary/aromatic N) is 2. The fourth-order valence-corrected chi connectivity index (χ4v) is 3.09. The van der Waals surface area contributed by atoms with E-state index in [0.717, 1.165) is 16.3 Å². The highest BCUT2D eigenvalue weighted by atomic mass is 19.1. The average Bonchev–Trinajstić information content (AvgIpc) is 3.09. The molecule has 156 valence electrons. The van der Waals surface area contributed by atoms with E-state index in [2.05, 4.69) is 10.4 Å². The maximum atomic E-state index is 14.0. The lowest BCUT2D eigenvalue weighted by Crippen LogP contribution is -2.31. The summed E-state index contributed by atoms with van der Waals surface area (Å²) in [5.74, 6) is -2.26. The molecule has 0 saturated heterocycles. The SMILES string of the molecule is COc1ccc(C(CC(=O)O)NC(=O)c2cc(O)n(-c3ccccc3F)n2)c(C)c1. The molecule has 30 heavy (non-hydrogen) atoms. The van der Waals surface area contributed by atoms with E-state index in [1.807, 2.05) is 0 Å². The van der Waals surface area contributed by atoms with Gasteiger partial charge in [0.05, 0.1) is 19.6 Å². The van der Waals surface area contributed by atoms with E-state index < -0.39 is 29.6 Å². The van der Waals surface area contributed by atoms with Crippen LogP contribution in [0.5, 0.6) is 11.6 Å². The molecule has 1 unspecified atom stereocenters. The largest absolute Gasteiger partial charge is 0.497 e. The molecule has 0 spiro atoms. The van der Waals surface area contributed by atoms with Crippen LogP contribution < -0.4 is 10.1 Å². The van der Waals surface area contributed by atoms with Crippen LogP contribution in [0.15, 0.2) is 48.5 Å². The number of para-hydroxylation sites is 1. The van der Waals surface area contributed by atoms with Crippen molar-refractivity contribution < 1.29 is 28.9 Å². The molecule has 0 radical (unpaired) electrons. The predicted octanol–water partition coefficient (Wildman–Crippen LogP) is 2.98. The Bertz CT molecular complexity index is 1100. The van der Waals surface area contributed by atoms with Gasteiger partial charge >= 0.3 is 5.97 Å². The number of halogens is 1. The van der Waals surface area contributed by atoms with Crippen LogP contribution in [0.1, 0.15) is 34.1 Å². The van der Waals surface area contributed by atoms with Gasteiger partial charge in [0.2, 0.25) is 5.88 Å². The second-order valence-electron chi connectivity index (χ2n) is 6.60. The van der Waals surface area contributed by atoms with E-state index in [-0.39, 0.29) is 17.8 Å². The Morgan fingerprint density at radius 1 is 1.23 bits per heavy atom. The number of hydrogen-bond acceptors (Lipinski definition) is 5. The number of aromatic nitrogens is 2. The van der Waals surface area contributed by atoms with E-state index in [9.17, 15) is 24.2 Å². The van der Waals surface area contributed by atoms with Crippen molar-refractivity contribution in [1.82, 2.24) is 15.1 Å². The van der Waals surface area contributed by atoms with Gasteiger partial charge in [-0.25, -0.2) is 4.39 Å². The van der Waals surface area contributed by atoms with Crippen molar-refractivity contribution in [3.63, 3.8) is 0 Å². The summed E-state index contributed by atoms with van der Waals surface area (Å²) in [7, 11) is 1.52. The fraction of sp³-hybridized carbons (Fsp3) is 0.190. The Morgan fingerprint density at radius 3 is 2.60 bits per heavy atom. The number of amides is 1. The third-order valence-electron chi connectivity index (χ3n) is 4.54. The first-order chi connectivity index (χ1) is 14.3. The van der Waals surface area contributed by atoms with Crippen LogP contribution in [0.2, 0.25) is 0 Å². The molecule has 0 bridgehead atoms. The van der Waals surface area contributed by atoms with E-state index >= 15 is 0 Å². The number of nitrogens with one attached hydrogen (secondary N) is 1. The van der Waals surface area contributed by atoms with Gasteiger partial charge in [-0.05, 0) is 42.3 Å². The minimum atomic E-state index is -1.10. The van der Waals surface area contributed by atoms with Crippen molar-refractivity contribution in [2.24, 2.45) is 0 Å². The average molecular weight is 413 g/mol. The first-order valence-electron chi connectivity index (χ1n) is 9.01. The minimum Gasteiger partial charge on any atom is -0.497 e. The molecule has 3 aromatic rings. The normalized spacial score (nSPS) is 11.7. The Kier molecular flexibility index (Phi) is 6.01. The van der Waals surface area contributed by atoms with Gasteiger partial charge in [-0.15, -0.1) is 0 Å². The van der Waals surface area contributed by atoms with Gasteiger partial charge in [0, 0.05) is 6.07 Å². The summed E-state index contributed by atoms with van der Waals surface area (Å²) in [4.78, 5) is 24.1. The van der Waals surface area contributed by atoms with Gasteiger partial charge in [0.25, 0.3) is 5.91 Å². The molecule has 0 saturated carbocycles. The predicted molar refractivity (Wildman–Crippen MR) is 105 cm³/mol. The summed E-state index contributed by atoms with van der Waals surface area (Å²) in [6.07, 6.45) is -0.362. The second kappa shape index (κ2) is 8.64. The molecule has 1 amide bonds. The molecule has 0 aliphatic rings. The lowest BCUT2D eigenvalue weighted by molar-refractivity contribution is -0.137. The Balaban J connectivity index is 1.89. The zero-order valence-electron chi connectivity index (χ0n) is 16.3. The van der Waals surface area contributed by atoms with Crippen LogP contribution in [0.3, 0.4) is 0 Å². The van der Waals surface area contributed by atoms with Gasteiger partial charge in [-0.2, -0.15) is 9.78 Å². The van der Waals surface area contributed by atoms with Crippen LogP contribution in [0.25, 0.3) is 5.69 Å². The molecule has 1 aromatic heterocycles. The standard InChI is InChI=1S/C21H20FN3O5/c1-12-9-13(30-2)7-8-14(12)16(11-20(27)28)23-21(29)17-10-19(26)25(24-17)18-6-4-3-5-15(18)22/h3-10,16,26H,11H2,1-2H3,(H,23,29)(H,27,28). The van der Waals surface area contributed by atoms with Gasteiger partial charge in [-0.3, -0.25) is 9.59 Å². The maximum absolute atomic E-state index is 14.0. The van der Waals surface area contributed by atoms with E-state index in [1.165, 1.54) is 25.3 Å². The number of ether oxygens (including phenoxy) is 1. The maximum Gasteiger partial charge on any atom is 0.305 e. The van der Waals surface area contributed by atoms with E-state index in [4.69, 9.17) is 4.74 Å². The Hall–Kier alpha value is -3.88. The number of methoxy groups -OCH3 is 1. The molecule has 0 aliphatic carbocycles. The minimum absolute atomic E-state index is 0.0258. The number of carbonyl (C=O) groups excluding carboxylic acids is 1. The van der Waals surface area contributed by atoms with Gasteiger partial charge in [-0.1, -0.05) is 18.2 Å². The molecular formula is C21H20FN3O5. The number of carboxylic acid groups (broad SMARTS) is 1. The first-order valence-corrected chi connectivity index (χ1v) is 9.01. The molecular weight excluding hydrogens is 393 g/mol. The van der Waals surface area contributed by atoms with Crippen molar-refractivity contribution >= 4 is 11.9 Å². The summed E-state index contributed by atoms with van der Waals surface area (Å²) in [5, 5.41) is 26.0. The molecule has 0 fully saturated rings. The molecule has 1 heterocycles. The zero-order chi connectivity index (χ0) is 21.8. The lowest BCUT2D eigenvalue weighted by atomic mass is 9.98. The molecule has 1 atom stereocenters. The summed E-state index contributed by atoms with van der Waals surface area (Å²) in [6, 6.07) is 11.0. The quantitative estimate of drug-likeness (QED) is 0.549. The van der Waals surface area contributed by atoms with Gasteiger partial charge in [0.1, 0.15) is 17.3 Å². The number of aryl methyl sites for hydroxylation is 1. The van der Waals surface area contributed by atoms with E-state index in [1.54, 1.807) is 31.2 Å². The van der Waals surface area contributed by atoms with Gasteiger partial charge in [0.15, 0.2) is 5.69 Å².